The Hall–Kier alpha value is -1.53. The van der Waals surface area contributed by atoms with Crippen molar-refractivity contribution in [2.24, 2.45) is 0 Å². The second-order valence-electron chi connectivity index (χ2n) is 4.96. The van der Waals surface area contributed by atoms with Gasteiger partial charge in [-0.05, 0) is 32.0 Å². The fourth-order valence-electron chi connectivity index (χ4n) is 2.43. The van der Waals surface area contributed by atoms with Gasteiger partial charge in [-0.2, -0.15) is 0 Å². The highest BCUT2D eigenvalue weighted by Gasteiger charge is 2.28. The monoisotopic (exact) mass is 343 g/mol. The van der Waals surface area contributed by atoms with Gasteiger partial charge in [-0.1, -0.05) is 29.3 Å². The third kappa shape index (κ3) is 2.85. The van der Waals surface area contributed by atoms with Gasteiger partial charge in [0.2, 0.25) is 0 Å². The Morgan fingerprint density at radius 2 is 1.86 bits per heavy atom. The number of nitrogens with zero attached hydrogens (tertiary/aromatic N) is 1. The molecule has 0 saturated carbocycles. The first-order valence-corrected chi connectivity index (χ1v) is 7.23. The maximum absolute atomic E-state index is 10.8. The number of aliphatic carboxylic acids is 1. The first-order chi connectivity index (χ1) is 10.3. The lowest BCUT2D eigenvalue weighted by molar-refractivity contribution is -0.153. The molecule has 1 heterocycles. The Labute approximate surface area is 137 Å². The number of aliphatic hydroxyl groups excluding tert-OH is 2. The van der Waals surface area contributed by atoms with Gasteiger partial charge in [-0.25, -0.2) is 4.79 Å². The van der Waals surface area contributed by atoms with Gasteiger partial charge < -0.3 is 19.9 Å². The Balaban J connectivity index is 2.57. The van der Waals surface area contributed by atoms with Crippen molar-refractivity contribution in [1.29, 1.82) is 0 Å². The molecule has 0 aliphatic rings. The van der Waals surface area contributed by atoms with Crippen LogP contribution < -0.4 is 0 Å². The van der Waals surface area contributed by atoms with E-state index in [0.29, 0.717) is 27.0 Å². The lowest BCUT2D eigenvalue weighted by atomic mass is 10.1. The summed E-state index contributed by atoms with van der Waals surface area (Å²) in [6, 6.07) is 6.78. The van der Waals surface area contributed by atoms with E-state index in [1.807, 2.05) is 0 Å². The largest absolute Gasteiger partial charge is 0.479 e. The van der Waals surface area contributed by atoms with Crippen LogP contribution >= 0.6 is 23.2 Å². The van der Waals surface area contributed by atoms with Crippen molar-refractivity contribution in [2.45, 2.75) is 26.1 Å². The minimum Gasteiger partial charge on any atom is -0.479 e. The second kappa shape index (κ2) is 6.30. The molecule has 0 aliphatic heterocycles. The van der Waals surface area contributed by atoms with Gasteiger partial charge in [0.25, 0.3) is 0 Å². The smallest absolute Gasteiger partial charge is 0.335 e. The van der Waals surface area contributed by atoms with Gasteiger partial charge in [0.15, 0.2) is 6.10 Å². The van der Waals surface area contributed by atoms with Gasteiger partial charge in [0.05, 0.1) is 15.7 Å². The number of carboxylic acid groups (broad SMARTS) is 1. The maximum Gasteiger partial charge on any atom is 0.335 e. The number of halogens is 2. The quantitative estimate of drug-likeness (QED) is 0.797. The lowest BCUT2D eigenvalue weighted by Gasteiger charge is -2.16. The highest BCUT2D eigenvalue weighted by molar-refractivity contribution is 6.43. The van der Waals surface area contributed by atoms with Crippen molar-refractivity contribution in [3.63, 3.8) is 0 Å². The van der Waals surface area contributed by atoms with Gasteiger partial charge in [0, 0.05) is 17.0 Å². The van der Waals surface area contributed by atoms with Gasteiger partial charge in [0.1, 0.15) is 6.10 Å². The summed E-state index contributed by atoms with van der Waals surface area (Å²) in [6.45, 7) is 3.49. The fourth-order valence-corrected chi connectivity index (χ4v) is 2.81. The predicted molar refractivity (Wildman–Crippen MR) is 83.9 cm³/mol. The number of aliphatic hydroxyl groups is 2. The molecule has 1 aromatic heterocycles. The summed E-state index contributed by atoms with van der Waals surface area (Å²) in [7, 11) is 0. The molecule has 0 bridgehead atoms. The zero-order chi connectivity index (χ0) is 16.6. The molecule has 22 heavy (non-hydrogen) atoms. The number of rotatable bonds is 4. The third-order valence-electron chi connectivity index (χ3n) is 3.51. The van der Waals surface area contributed by atoms with Crippen molar-refractivity contribution in [2.75, 3.05) is 0 Å². The Bertz CT molecular complexity index is 727. The summed E-state index contributed by atoms with van der Waals surface area (Å²) < 4.78 is 1.75. The Kier molecular flexibility index (Phi) is 4.82. The molecule has 2 rings (SSSR count). The number of hydrogen-bond acceptors (Lipinski definition) is 3. The Morgan fingerprint density at radius 3 is 2.45 bits per heavy atom. The molecule has 2 aromatic rings. The summed E-state index contributed by atoms with van der Waals surface area (Å²) >= 11 is 12.2. The van der Waals surface area contributed by atoms with Crippen molar-refractivity contribution in [1.82, 2.24) is 4.57 Å². The number of aryl methyl sites for hydroxylation is 1. The topological polar surface area (TPSA) is 82.7 Å². The van der Waals surface area contributed by atoms with Crippen molar-refractivity contribution < 1.29 is 20.1 Å². The van der Waals surface area contributed by atoms with Crippen LogP contribution in [0.2, 0.25) is 10.0 Å². The number of benzene rings is 1. The first kappa shape index (κ1) is 16.8. The number of carboxylic acids is 1. The molecular formula is C15H15Cl2NO4. The highest BCUT2D eigenvalue weighted by atomic mass is 35.5. The molecule has 0 saturated heterocycles. The molecule has 2 atom stereocenters. The van der Waals surface area contributed by atoms with Crippen LogP contribution in [0.25, 0.3) is 5.69 Å². The molecule has 0 amide bonds. The van der Waals surface area contributed by atoms with Crippen molar-refractivity contribution in [3.05, 3.63) is 51.3 Å². The fraction of sp³-hybridized carbons (Fsp3) is 0.267. The van der Waals surface area contributed by atoms with Crippen molar-refractivity contribution in [3.8, 4) is 5.69 Å². The van der Waals surface area contributed by atoms with Crippen LogP contribution in [0.4, 0.5) is 0 Å². The van der Waals surface area contributed by atoms with E-state index in [9.17, 15) is 15.0 Å². The maximum atomic E-state index is 10.8. The van der Waals surface area contributed by atoms with Crippen LogP contribution in [0.1, 0.15) is 23.1 Å². The van der Waals surface area contributed by atoms with Crippen molar-refractivity contribution >= 4 is 29.2 Å². The molecule has 0 aliphatic carbocycles. The summed E-state index contributed by atoms with van der Waals surface area (Å²) in [4.78, 5) is 10.8. The van der Waals surface area contributed by atoms with E-state index >= 15 is 0 Å². The lowest BCUT2D eigenvalue weighted by Crippen LogP contribution is -2.27. The van der Waals surface area contributed by atoms with Crippen LogP contribution in [0, 0.1) is 13.8 Å². The van der Waals surface area contributed by atoms with E-state index in [1.54, 1.807) is 42.7 Å². The molecule has 0 spiro atoms. The minimum atomic E-state index is -1.90. The van der Waals surface area contributed by atoms with Crippen LogP contribution in [0.5, 0.6) is 0 Å². The molecular weight excluding hydrogens is 329 g/mol. The van der Waals surface area contributed by atoms with E-state index in [-0.39, 0.29) is 0 Å². The van der Waals surface area contributed by atoms with Gasteiger partial charge >= 0.3 is 5.97 Å². The van der Waals surface area contributed by atoms with E-state index in [1.165, 1.54) is 0 Å². The highest BCUT2D eigenvalue weighted by Crippen LogP contribution is 2.33. The number of carbonyl (C=O) groups is 1. The van der Waals surface area contributed by atoms with E-state index in [0.717, 1.165) is 5.69 Å². The third-order valence-corrected chi connectivity index (χ3v) is 4.32. The van der Waals surface area contributed by atoms with Gasteiger partial charge in [-0.3, -0.25) is 0 Å². The molecule has 1 aromatic carbocycles. The van der Waals surface area contributed by atoms with E-state index in [2.05, 4.69) is 0 Å². The molecule has 0 fully saturated rings. The van der Waals surface area contributed by atoms with Gasteiger partial charge in [-0.15, -0.1) is 0 Å². The SMILES string of the molecule is Cc1cc(C(O)C(O)C(=O)O)c(C)n1-c1cccc(Cl)c1Cl. The average molecular weight is 344 g/mol. The number of aromatic nitrogens is 1. The summed E-state index contributed by atoms with van der Waals surface area (Å²) in [5.41, 5.74) is 2.25. The first-order valence-electron chi connectivity index (χ1n) is 6.47. The Morgan fingerprint density at radius 1 is 1.23 bits per heavy atom. The summed E-state index contributed by atoms with van der Waals surface area (Å²) in [5.74, 6) is -1.49. The molecule has 5 nitrogen and oxygen atoms in total. The standard InChI is InChI=1S/C15H15Cl2NO4/c1-7-6-9(13(19)14(20)15(21)22)8(2)18(7)11-5-3-4-10(16)12(11)17/h3-6,13-14,19-20H,1-2H3,(H,21,22). The summed E-state index contributed by atoms with van der Waals surface area (Å²) in [5, 5.41) is 29.1. The molecule has 2 unspecified atom stereocenters. The van der Waals surface area contributed by atoms with E-state index < -0.39 is 18.2 Å². The zero-order valence-corrected chi connectivity index (χ0v) is 13.4. The van der Waals surface area contributed by atoms with Crippen LogP contribution in [-0.4, -0.2) is 32.0 Å². The molecule has 7 heteroatoms. The number of hydrogen-bond donors (Lipinski definition) is 3. The second-order valence-corrected chi connectivity index (χ2v) is 5.75. The minimum absolute atomic E-state index is 0.323. The van der Waals surface area contributed by atoms with Crippen LogP contribution in [0.15, 0.2) is 24.3 Å². The summed E-state index contributed by atoms with van der Waals surface area (Å²) in [6.07, 6.45) is -3.43. The normalized spacial score (nSPS) is 13.9. The van der Waals surface area contributed by atoms with Crippen LogP contribution in [-0.2, 0) is 4.79 Å². The predicted octanol–water partition coefficient (Wildman–Crippen LogP) is 2.88. The average Bonchev–Trinajstić information content (AvgIpc) is 2.75. The van der Waals surface area contributed by atoms with E-state index in [4.69, 9.17) is 28.3 Å². The van der Waals surface area contributed by atoms with Crippen LogP contribution in [0.3, 0.4) is 0 Å². The molecule has 3 N–H and O–H groups in total. The molecule has 0 radical (unpaired) electrons. The zero-order valence-electron chi connectivity index (χ0n) is 11.9. The molecule has 118 valence electrons.